The van der Waals surface area contributed by atoms with Crippen molar-refractivity contribution in [1.29, 1.82) is 0 Å². The molecular formula is C18H24BrN3O. The number of carbonyl (C=O) groups is 1. The summed E-state index contributed by atoms with van der Waals surface area (Å²) in [6.07, 6.45) is 9.88. The summed E-state index contributed by atoms with van der Waals surface area (Å²) in [7, 11) is 2.14. The normalized spacial score (nSPS) is 34.8. The van der Waals surface area contributed by atoms with Crippen LogP contribution in [0.4, 0.5) is 5.82 Å². The fraction of sp³-hybridized carbons (Fsp3) is 0.667. The van der Waals surface area contributed by atoms with E-state index in [0.717, 1.165) is 22.2 Å². The number of halogens is 1. The summed E-state index contributed by atoms with van der Waals surface area (Å²) in [6.45, 7) is 0.462. The molecule has 0 aliphatic heterocycles. The van der Waals surface area contributed by atoms with Crippen LogP contribution in [0.2, 0.25) is 0 Å². The topological polar surface area (TPSA) is 45.2 Å². The van der Waals surface area contributed by atoms with Crippen molar-refractivity contribution >= 4 is 27.7 Å². The number of amides is 1. The van der Waals surface area contributed by atoms with Gasteiger partial charge in [0, 0.05) is 16.2 Å². The standard InChI is InChI=1S/C18H24BrN3O/c1-22(11-17(23)21-16-3-2-15(19)10-20-16)18-7-12-4-13(8-18)6-14(5-12)9-18/h2-3,10,12-14H,4-9,11H2,1H3,(H,20,21,23). The monoisotopic (exact) mass is 377 g/mol. The number of rotatable bonds is 4. The molecule has 0 unspecified atom stereocenters. The number of hydrogen-bond acceptors (Lipinski definition) is 3. The van der Waals surface area contributed by atoms with Gasteiger partial charge in [-0.3, -0.25) is 9.69 Å². The summed E-state index contributed by atoms with van der Waals surface area (Å²) in [5, 5.41) is 2.92. The second kappa shape index (κ2) is 5.85. The highest BCUT2D eigenvalue weighted by atomic mass is 79.9. The van der Waals surface area contributed by atoms with E-state index in [1.54, 1.807) is 6.20 Å². The maximum absolute atomic E-state index is 12.4. The van der Waals surface area contributed by atoms with Crippen molar-refractivity contribution in [2.24, 2.45) is 17.8 Å². The zero-order valence-electron chi connectivity index (χ0n) is 13.6. The Morgan fingerprint density at radius 3 is 2.39 bits per heavy atom. The van der Waals surface area contributed by atoms with Gasteiger partial charge in [0.25, 0.3) is 0 Å². The molecule has 1 aromatic heterocycles. The summed E-state index contributed by atoms with van der Waals surface area (Å²) in [5.74, 6) is 3.37. The van der Waals surface area contributed by atoms with Crippen LogP contribution in [0, 0.1) is 17.8 Å². The Kier molecular flexibility index (Phi) is 3.96. The van der Waals surface area contributed by atoms with E-state index in [-0.39, 0.29) is 11.4 Å². The number of nitrogens with zero attached hydrogens (tertiary/aromatic N) is 2. The largest absolute Gasteiger partial charge is 0.310 e. The molecule has 5 heteroatoms. The molecule has 1 heterocycles. The molecule has 1 amide bonds. The Labute approximate surface area is 146 Å². The second-order valence-corrected chi connectivity index (χ2v) is 8.82. The number of hydrogen-bond donors (Lipinski definition) is 1. The Hall–Kier alpha value is -0.940. The minimum absolute atomic E-state index is 0.0399. The molecule has 1 aromatic rings. The van der Waals surface area contributed by atoms with Crippen molar-refractivity contribution < 1.29 is 4.79 Å². The van der Waals surface area contributed by atoms with E-state index >= 15 is 0 Å². The van der Waals surface area contributed by atoms with Crippen LogP contribution in [0.3, 0.4) is 0 Å². The van der Waals surface area contributed by atoms with E-state index in [9.17, 15) is 4.79 Å². The van der Waals surface area contributed by atoms with Gasteiger partial charge in [-0.25, -0.2) is 4.98 Å². The van der Waals surface area contributed by atoms with Crippen molar-refractivity contribution in [2.45, 2.75) is 44.1 Å². The van der Waals surface area contributed by atoms with Gasteiger partial charge in [-0.15, -0.1) is 0 Å². The lowest BCUT2D eigenvalue weighted by molar-refractivity contribution is -0.123. The van der Waals surface area contributed by atoms with Crippen molar-refractivity contribution in [3.8, 4) is 0 Å². The van der Waals surface area contributed by atoms with Crippen LogP contribution in [0.25, 0.3) is 0 Å². The molecule has 124 valence electrons. The molecular weight excluding hydrogens is 354 g/mol. The molecule has 0 spiro atoms. The number of likely N-dealkylation sites (N-methyl/N-ethyl adjacent to an activating group) is 1. The quantitative estimate of drug-likeness (QED) is 0.869. The lowest BCUT2D eigenvalue weighted by atomic mass is 9.52. The van der Waals surface area contributed by atoms with Gasteiger partial charge >= 0.3 is 0 Å². The maximum atomic E-state index is 12.4. The average molecular weight is 378 g/mol. The predicted octanol–water partition coefficient (Wildman–Crippen LogP) is 3.68. The van der Waals surface area contributed by atoms with Gasteiger partial charge in [0.05, 0.1) is 6.54 Å². The summed E-state index contributed by atoms with van der Waals surface area (Å²) in [5.41, 5.74) is 0.277. The zero-order chi connectivity index (χ0) is 16.0. The fourth-order valence-electron chi connectivity index (χ4n) is 5.55. The molecule has 5 rings (SSSR count). The summed E-state index contributed by atoms with van der Waals surface area (Å²) in [4.78, 5) is 19.0. The summed E-state index contributed by atoms with van der Waals surface area (Å²) >= 11 is 3.36. The number of nitrogens with one attached hydrogen (secondary N) is 1. The van der Waals surface area contributed by atoms with Crippen LogP contribution in [0.5, 0.6) is 0 Å². The molecule has 0 aromatic carbocycles. The van der Waals surface area contributed by atoms with Crippen LogP contribution in [0.15, 0.2) is 22.8 Å². The molecule has 23 heavy (non-hydrogen) atoms. The van der Waals surface area contributed by atoms with E-state index < -0.39 is 0 Å². The number of carbonyl (C=O) groups excluding carboxylic acids is 1. The predicted molar refractivity (Wildman–Crippen MR) is 94.1 cm³/mol. The molecule has 0 saturated heterocycles. The van der Waals surface area contributed by atoms with Crippen LogP contribution in [0.1, 0.15) is 38.5 Å². The maximum Gasteiger partial charge on any atom is 0.239 e. The molecule has 4 fully saturated rings. The van der Waals surface area contributed by atoms with Gasteiger partial charge in [-0.1, -0.05) is 0 Å². The molecule has 1 N–H and O–H groups in total. The lowest BCUT2D eigenvalue weighted by Crippen LogP contribution is -2.59. The van der Waals surface area contributed by atoms with Gasteiger partial charge in [0.1, 0.15) is 5.82 Å². The first-order valence-corrected chi connectivity index (χ1v) is 9.44. The van der Waals surface area contributed by atoms with Gasteiger partial charge in [-0.2, -0.15) is 0 Å². The first kappa shape index (κ1) is 15.6. The molecule has 4 aliphatic carbocycles. The van der Waals surface area contributed by atoms with Crippen molar-refractivity contribution in [3.63, 3.8) is 0 Å². The first-order valence-electron chi connectivity index (χ1n) is 8.65. The van der Waals surface area contributed by atoms with Gasteiger partial charge in [0.2, 0.25) is 5.91 Å². The molecule has 4 bridgehead atoms. The molecule has 4 aliphatic rings. The highest BCUT2D eigenvalue weighted by Crippen LogP contribution is 2.57. The third kappa shape index (κ3) is 3.05. The number of aromatic nitrogens is 1. The SMILES string of the molecule is CN(CC(=O)Nc1ccc(Br)cn1)C12CC3CC(CC(C3)C1)C2. The van der Waals surface area contributed by atoms with Crippen LogP contribution in [-0.2, 0) is 4.79 Å². The van der Waals surface area contributed by atoms with E-state index in [1.165, 1.54) is 38.5 Å². The number of pyridine rings is 1. The van der Waals surface area contributed by atoms with Gasteiger partial charge in [-0.05, 0) is 91.4 Å². The number of anilines is 1. The lowest BCUT2D eigenvalue weighted by Gasteiger charge is -2.59. The van der Waals surface area contributed by atoms with E-state index in [0.29, 0.717) is 12.4 Å². The van der Waals surface area contributed by atoms with Crippen LogP contribution in [-0.4, -0.2) is 34.9 Å². The molecule has 4 nitrogen and oxygen atoms in total. The minimum Gasteiger partial charge on any atom is -0.310 e. The molecule has 4 saturated carbocycles. The highest BCUT2D eigenvalue weighted by molar-refractivity contribution is 9.10. The van der Waals surface area contributed by atoms with E-state index in [1.807, 2.05) is 12.1 Å². The Bertz CT molecular complexity index is 566. The van der Waals surface area contributed by atoms with Crippen molar-refractivity contribution in [3.05, 3.63) is 22.8 Å². The van der Waals surface area contributed by atoms with Gasteiger partial charge < -0.3 is 5.32 Å². The Balaban J connectivity index is 1.40. The fourth-order valence-corrected chi connectivity index (χ4v) is 5.78. The Morgan fingerprint density at radius 1 is 1.26 bits per heavy atom. The summed E-state index contributed by atoms with van der Waals surface area (Å²) < 4.78 is 0.918. The third-order valence-electron chi connectivity index (χ3n) is 6.19. The third-order valence-corrected chi connectivity index (χ3v) is 6.66. The van der Waals surface area contributed by atoms with Crippen LogP contribution >= 0.6 is 15.9 Å². The van der Waals surface area contributed by atoms with Gasteiger partial charge in [0.15, 0.2) is 0 Å². The van der Waals surface area contributed by atoms with Crippen molar-refractivity contribution in [1.82, 2.24) is 9.88 Å². The molecule has 0 radical (unpaired) electrons. The highest BCUT2D eigenvalue weighted by Gasteiger charge is 2.52. The smallest absolute Gasteiger partial charge is 0.239 e. The average Bonchev–Trinajstić information content (AvgIpc) is 2.48. The first-order chi connectivity index (χ1) is 11.0. The van der Waals surface area contributed by atoms with Crippen molar-refractivity contribution in [2.75, 3.05) is 18.9 Å². The van der Waals surface area contributed by atoms with E-state index in [4.69, 9.17) is 0 Å². The van der Waals surface area contributed by atoms with Crippen LogP contribution < -0.4 is 5.32 Å². The molecule has 0 atom stereocenters. The minimum atomic E-state index is 0.0399. The zero-order valence-corrected chi connectivity index (χ0v) is 15.2. The second-order valence-electron chi connectivity index (χ2n) is 7.91. The summed E-state index contributed by atoms with van der Waals surface area (Å²) in [6, 6.07) is 3.72. The van der Waals surface area contributed by atoms with E-state index in [2.05, 4.69) is 38.2 Å². The Morgan fingerprint density at radius 2 is 1.87 bits per heavy atom.